The van der Waals surface area contributed by atoms with Crippen molar-refractivity contribution in [1.82, 2.24) is 9.38 Å². The second-order valence-corrected chi connectivity index (χ2v) is 7.54. The average molecular weight is 309 g/mol. The number of anilines is 1. The Balaban J connectivity index is 2.12. The summed E-state index contributed by atoms with van der Waals surface area (Å²) < 4.78 is 24.7. The number of hydrogen-bond donors (Lipinski definition) is 2. The van der Waals surface area contributed by atoms with Gasteiger partial charge in [-0.15, -0.1) is 0 Å². The highest BCUT2D eigenvalue weighted by atomic mass is 32.2. The van der Waals surface area contributed by atoms with Gasteiger partial charge in [0.1, 0.15) is 21.2 Å². The summed E-state index contributed by atoms with van der Waals surface area (Å²) in [5.41, 5.74) is 6.49. The van der Waals surface area contributed by atoms with Crippen LogP contribution in [0.2, 0.25) is 0 Å². The first-order valence-electron chi connectivity index (χ1n) is 6.59. The lowest BCUT2D eigenvalue weighted by Crippen LogP contribution is -2.23. The third-order valence-electron chi connectivity index (χ3n) is 3.85. The topological polar surface area (TPSA) is 115 Å². The predicted molar refractivity (Wildman–Crippen MR) is 77.2 cm³/mol. The molecule has 0 saturated carbocycles. The molecular formula is C13H15N3O4S. The molecule has 1 fully saturated rings. The third-order valence-corrected chi connectivity index (χ3v) is 5.56. The highest BCUT2D eigenvalue weighted by Gasteiger charge is 2.29. The van der Waals surface area contributed by atoms with E-state index in [0.717, 1.165) is 0 Å². The summed E-state index contributed by atoms with van der Waals surface area (Å²) >= 11 is 0. The van der Waals surface area contributed by atoms with Gasteiger partial charge in [0.25, 0.3) is 0 Å². The van der Waals surface area contributed by atoms with Gasteiger partial charge in [-0.3, -0.25) is 0 Å². The van der Waals surface area contributed by atoms with Crippen molar-refractivity contribution in [3.8, 4) is 0 Å². The fourth-order valence-electron chi connectivity index (χ4n) is 2.77. The number of rotatable bonds is 2. The van der Waals surface area contributed by atoms with Gasteiger partial charge < -0.3 is 15.2 Å². The maximum Gasteiger partial charge on any atom is 0.356 e. The number of carbonyl (C=O) groups is 1. The SMILES string of the molecule is Nc1cccn2c(C3CCS(=O)(=O)CC3)nc(C(=O)O)c12. The number of hydrogen-bond acceptors (Lipinski definition) is 5. The van der Waals surface area contributed by atoms with Crippen LogP contribution in [0.3, 0.4) is 0 Å². The van der Waals surface area contributed by atoms with Gasteiger partial charge in [-0.1, -0.05) is 0 Å². The van der Waals surface area contributed by atoms with Crippen LogP contribution < -0.4 is 5.73 Å². The minimum absolute atomic E-state index is 0.0732. The summed E-state index contributed by atoms with van der Waals surface area (Å²) in [6.45, 7) is 0. The summed E-state index contributed by atoms with van der Waals surface area (Å²) in [6.07, 6.45) is 2.62. The van der Waals surface area contributed by atoms with E-state index in [1.807, 2.05) is 0 Å². The molecule has 0 bridgehead atoms. The number of sulfone groups is 1. The monoisotopic (exact) mass is 309 g/mol. The summed E-state index contributed by atoms with van der Waals surface area (Å²) in [5.74, 6) is -0.421. The molecule has 0 radical (unpaired) electrons. The zero-order chi connectivity index (χ0) is 15.2. The fourth-order valence-corrected chi connectivity index (χ4v) is 4.27. The van der Waals surface area contributed by atoms with Crippen LogP contribution in [0.25, 0.3) is 5.52 Å². The highest BCUT2D eigenvalue weighted by Crippen LogP contribution is 2.31. The highest BCUT2D eigenvalue weighted by molar-refractivity contribution is 7.91. The van der Waals surface area contributed by atoms with E-state index >= 15 is 0 Å². The van der Waals surface area contributed by atoms with Gasteiger partial charge in [-0.05, 0) is 25.0 Å². The molecule has 3 N–H and O–H groups in total. The van der Waals surface area contributed by atoms with Gasteiger partial charge in [-0.25, -0.2) is 18.2 Å². The van der Waals surface area contributed by atoms with E-state index in [4.69, 9.17) is 5.73 Å². The van der Waals surface area contributed by atoms with Crippen molar-refractivity contribution in [2.75, 3.05) is 17.2 Å². The molecule has 2 aromatic heterocycles. The molecule has 112 valence electrons. The maximum absolute atomic E-state index is 11.5. The fraction of sp³-hybridized carbons (Fsp3) is 0.385. The van der Waals surface area contributed by atoms with Crippen LogP contribution in [0.4, 0.5) is 5.69 Å². The Morgan fingerprint density at radius 2 is 2.05 bits per heavy atom. The first kappa shape index (κ1) is 13.9. The first-order chi connectivity index (χ1) is 9.89. The smallest absolute Gasteiger partial charge is 0.356 e. The molecule has 2 aromatic rings. The van der Waals surface area contributed by atoms with Crippen LogP contribution in [0.5, 0.6) is 0 Å². The second kappa shape index (κ2) is 4.73. The Kier molecular flexibility index (Phi) is 3.12. The lowest BCUT2D eigenvalue weighted by Gasteiger charge is -2.20. The average Bonchev–Trinajstić information content (AvgIpc) is 2.80. The van der Waals surface area contributed by atoms with Gasteiger partial charge in [-0.2, -0.15) is 0 Å². The zero-order valence-corrected chi connectivity index (χ0v) is 12.0. The Labute approximate surface area is 121 Å². The number of imidazole rings is 1. The molecule has 1 aliphatic heterocycles. The van der Waals surface area contributed by atoms with Gasteiger partial charge >= 0.3 is 5.97 Å². The molecule has 3 rings (SSSR count). The van der Waals surface area contributed by atoms with E-state index in [1.165, 1.54) is 0 Å². The molecule has 8 heteroatoms. The van der Waals surface area contributed by atoms with Gasteiger partial charge in [0.15, 0.2) is 5.69 Å². The Morgan fingerprint density at radius 3 is 2.67 bits per heavy atom. The van der Waals surface area contributed by atoms with Crippen molar-refractivity contribution in [1.29, 1.82) is 0 Å². The Hall–Kier alpha value is -2.09. The molecule has 0 spiro atoms. The van der Waals surface area contributed by atoms with Crippen molar-refractivity contribution in [3.63, 3.8) is 0 Å². The molecule has 7 nitrogen and oxygen atoms in total. The lowest BCUT2D eigenvalue weighted by atomic mass is 10.0. The molecular weight excluding hydrogens is 294 g/mol. The molecule has 0 unspecified atom stereocenters. The summed E-state index contributed by atoms with van der Waals surface area (Å²) in [4.78, 5) is 15.5. The number of nitrogens with zero attached hydrogens (tertiary/aromatic N) is 2. The van der Waals surface area contributed by atoms with Crippen LogP contribution >= 0.6 is 0 Å². The number of aromatic nitrogens is 2. The van der Waals surface area contributed by atoms with Crippen LogP contribution in [0.15, 0.2) is 18.3 Å². The Bertz CT molecular complexity index is 811. The number of nitrogens with two attached hydrogens (primary N) is 1. The lowest BCUT2D eigenvalue weighted by molar-refractivity contribution is 0.0693. The minimum atomic E-state index is -2.97. The molecule has 0 aromatic carbocycles. The summed E-state index contributed by atoms with van der Waals surface area (Å²) in [6, 6.07) is 3.34. The molecule has 21 heavy (non-hydrogen) atoms. The van der Waals surface area contributed by atoms with Crippen molar-refractivity contribution in [2.24, 2.45) is 0 Å². The third kappa shape index (κ3) is 2.35. The number of aromatic carboxylic acids is 1. The van der Waals surface area contributed by atoms with E-state index in [2.05, 4.69) is 4.98 Å². The Morgan fingerprint density at radius 1 is 1.38 bits per heavy atom. The number of carboxylic acids is 1. The van der Waals surface area contributed by atoms with Crippen molar-refractivity contribution in [2.45, 2.75) is 18.8 Å². The van der Waals surface area contributed by atoms with E-state index in [-0.39, 0.29) is 23.1 Å². The molecule has 0 atom stereocenters. The van der Waals surface area contributed by atoms with Crippen LogP contribution in [-0.2, 0) is 9.84 Å². The van der Waals surface area contributed by atoms with E-state index in [1.54, 1.807) is 22.7 Å². The molecule has 1 aliphatic rings. The van der Waals surface area contributed by atoms with E-state index in [9.17, 15) is 18.3 Å². The van der Waals surface area contributed by atoms with Gasteiger partial charge in [0.05, 0.1) is 17.2 Å². The minimum Gasteiger partial charge on any atom is -0.476 e. The van der Waals surface area contributed by atoms with Gasteiger partial charge in [0, 0.05) is 12.1 Å². The first-order valence-corrected chi connectivity index (χ1v) is 8.41. The summed E-state index contributed by atoms with van der Waals surface area (Å²) in [7, 11) is -2.97. The number of carboxylic acid groups (broad SMARTS) is 1. The summed E-state index contributed by atoms with van der Waals surface area (Å²) in [5, 5.41) is 9.27. The maximum atomic E-state index is 11.5. The van der Waals surface area contributed by atoms with Crippen molar-refractivity contribution < 1.29 is 18.3 Å². The second-order valence-electron chi connectivity index (χ2n) is 5.23. The van der Waals surface area contributed by atoms with Crippen LogP contribution in [0.1, 0.15) is 35.1 Å². The quantitative estimate of drug-likeness (QED) is 0.852. The van der Waals surface area contributed by atoms with Crippen LogP contribution in [-0.4, -0.2) is 40.4 Å². The molecule has 0 amide bonds. The van der Waals surface area contributed by atoms with Crippen molar-refractivity contribution >= 4 is 27.0 Å². The molecule has 1 saturated heterocycles. The van der Waals surface area contributed by atoms with Crippen LogP contribution in [0, 0.1) is 0 Å². The van der Waals surface area contributed by atoms with Crippen molar-refractivity contribution in [3.05, 3.63) is 29.8 Å². The molecule has 0 aliphatic carbocycles. The molecule has 3 heterocycles. The number of pyridine rings is 1. The van der Waals surface area contributed by atoms with E-state index in [0.29, 0.717) is 29.9 Å². The van der Waals surface area contributed by atoms with Gasteiger partial charge in [0.2, 0.25) is 0 Å². The normalized spacial score (nSPS) is 18.9. The predicted octanol–water partition coefficient (Wildman–Crippen LogP) is 0.907. The van der Waals surface area contributed by atoms with E-state index < -0.39 is 15.8 Å². The number of fused-ring (bicyclic) bond motifs is 1. The zero-order valence-electron chi connectivity index (χ0n) is 11.2. The largest absolute Gasteiger partial charge is 0.476 e. The number of nitrogen functional groups attached to an aromatic ring is 1. The standard InChI is InChI=1S/C13H15N3O4S/c14-9-2-1-5-16-11(9)10(13(17)18)15-12(16)8-3-6-21(19,20)7-4-8/h1-2,5,8H,3-4,6-7,14H2,(H,17,18).